The van der Waals surface area contributed by atoms with Crippen LogP contribution in [0.25, 0.3) is 0 Å². The highest BCUT2D eigenvalue weighted by Gasteiger charge is 2.20. The van der Waals surface area contributed by atoms with Gasteiger partial charge in [0.15, 0.2) is 5.03 Å². The van der Waals surface area contributed by atoms with E-state index in [4.69, 9.17) is 0 Å². The fraction of sp³-hybridized carbons (Fsp3) is 0.308. The molecule has 0 aromatic carbocycles. The minimum Gasteiger partial charge on any atom is -0.316 e. The molecule has 7 heteroatoms. The van der Waals surface area contributed by atoms with Crippen molar-refractivity contribution in [1.82, 2.24) is 15.0 Å². The Hall–Kier alpha value is -1.28. The summed E-state index contributed by atoms with van der Waals surface area (Å²) in [6.45, 7) is 2.48. The Bertz CT molecular complexity index is 637. The summed E-state index contributed by atoms with van der Waals surface area (Å²) in [7, 11) is -1.76. The van der Waals surface area contributed by atoms with E-state index in [1.807, 2.05) is 31.5 Å². The zero-order valence-electron chi connectivity index (χ0n) is 11.3. The summed E-state index contributed by atoms with van der Waals surface area (Å²) in [5, 5.41) is 4.95. The van der Waals surface area contributed by atoms with E-state index in [1.165, 1.54) is 17.4 Å². The molecule has 2 aromatic rings. The van der Waals surface area contributed by atoms with Crippen LogP contribution in [0, 0.1) is 0 Å². The molecular formula is C13H17N3O2S2. The fourth-order valence-corrected chi connectivity index (χ4v) is 3.73. The van der Waals surface area contributed by atoms with Gasteiger partial charge < -0.3 is 5.32 Å². The topological polar surface area (TPSA) is 71.1 Å². The lowest BCUT2D eigenvalue weighted by Crippen LogP contribution is -2.27. The van der Waals surface area contributed by atoms with Gasteiger partial charge in [0.1, 0.15) is 0 Å². The smallest absolute Gasteiger partial charge is 0.258 e. The molecule has 0 aliphatic carbocycles. The van der Waals surface area contributed by atoms with E-state index < -0.39 is 10.0 Å². The summed E-state index contributed by atoms with van der Waals surface area (Å²) < 4.78 is 27.1. The summed E-state index contributed by atoms with van der Waals surface area (Å²) in [6.07, 6.45) is 1.57. The predicted octanol–water partition coefficient (Wildman–Crippen LogP) is 1.90. The maximum atomic E-state index is 12.2. The molecule has 1 atom stereocenters. The monoisotopic (exact) mass is 311 g/mol. The molecule has 0 spiro atoms. The molecule has 2 N–H and O–H groups in total. The van der Waals surface area contributed by atoms with Crippen molar-refractivity contribution >= 4 is 21.4 Å². The van der Waals surface area contributed by atoms with Crippen LogP contribution in [0.2, 0.25) is 0 Å². The average Bonchev–Trinajstić information content (AvgIpc) is 2.93. The lowest BCUT2D eigenvalue weighted by Gasteiger charge is -2.12. The molecule has 20 heavy (non-hydrogen) atoms. The SMILES string of the molecule is CNCc1ccc(S(=O)(=O)NC(C)c2cccs2)nc1. The van der Waals surface area contributed by atoms with Crippen LogP contribution < -0.4 is 10.0 Å². The van der Waals surface area contributed by atoms with E-state index in [-0.39, 0.29) is 11.1 Å². The van der Waals surface area contributed by atoms with Crippen molar-refractivity contribution in [3.63, 3.8) is 0 Å². The Kier molecular flexibility index (Phi) is 4.87. The first kappa shape index (κ1) is 15.1. The molecule has 5 nitrogen and oxygen atoms in total. The number of pyridine rings is 1. The van der Waals surface area contributed by atoms with Gasteiger partial charge in [-0.15, -0.1) is 11.3 Å². The number of hydrogen-bond acceptors (Lipinski definition) is 5. The molecule has 0 fully saturated rings. The Labute approximate surface area is 123 Å². The summed E-state index contributed by atoms with van der Waals surface area (Å²) in [6, 6.07) is 6.82. The van der Waals surface area contributed by atoms with Crippen molar-refractivity contribution in [2.24, 2.45) is 0 Å². The zero-order valence-corrected chi connectivity index (χ0v) is 13.0. The number of aromatic nitrogens is 1. The van der Waals surface area contributed by atoms with Crippen molar-refractivity contribution in [3.05, 3.63) is 46.3 Å². The third-order valence-electron chi connectivity index (χ3n) is 2.76. The first-order valence-electron chi connectivity index (χ1n) is 6.18. The summed E-state index contributed by atoms with van der Waals surface area (Å²) >= 11 is 1.52. The average molecular weight is 311 g/mol. The van der Waals surface area contributed by atoms with Gasteiger partial charge in [-0.1, -0.05) is 12.1 Å². The van der Waals surface area contributed by atoms with Crippen LogP contribution in [0.3, 0.4) is 0 Å². The van der Waals surface area contributed by atoms with Gasteiger partial charge in [0.25, 0.3) is 10.0 Å². The molecule has 0 bridgehead atoms. The number of sulfonamides is 1. The van der Waals surface area contributed by atoms with Gasteiger partial charge >= 0.3 is 0 Å². The number of thiophene rings is 1. The standard InChI is InChI=1S/C13H17N3O2S2/c1-10(12-4-3-7-19-12)16-20(17,18)13-6-5-11(8-14-2)9-15-13/h3-7,9-10,14,16H,8H2,1-2H3. The maximum Gasteiger partial charge on any atom is 0.258 e. The normalized spacial score (nSPS) is 13.3. The number of rotatable bonds is 6. The molecule has 0 saturated carbocycles. The largest absolute Gasteiger partial charge is 0.316 e. The van der Waals surface area contributed by atoms with Crippen molar-refractivity contribution in [2.45, 2.75) is 24.5 Å². The van der Waals surface area contributed by atoms with E-state index in [0.29, 0.717) is 6.54 Å². The number of hydrogen-bond donors (Lipinski definition) is 2. The van der Waals surface area contributed by atoms with Crippen molar-refractivity contribution in [2.75, 3.05) is 7.05 Å². The Morgan fingerprint density at radius 1 is 1.35 bits per heavy atom. The van der Waals surface area contributed by atoms with Crippen LogP contribution in [0.4, 0.5) is 0 Å². The minimum atomic E-state index is -3.59. The second-order valence-electron chi connectivity index (χ2n) is 4.39. The zero-order chi connectivity index (χ0) is 14.6. The van der Waals surface area contributed by atoms with Crippen LogP contribution >= 0.6 is 11.3 Å². The van der Waals surface area contributed by atoms with E-state index in [0.717, 1.165) is 10.4 Å². The molecule has 0 aliphatic heterocycles. The lowest BCUT2D eigenvalue weighted by atomic mass is 10.3. The molecule has 0 amide bonds. The van der Waals surface area contributed by atoms with Gasteiger partial charge in [0.2, 0.25) is 0 Å². The summed E-state index contributed by atoms with van der Waals surface area (Å²) in [5.74, 6) is 0. The highest BCUT2D eigenvalue weighted by atomic mass is 32.2. The van der Waals surface area contributed by atoms with Crippen molar-refractivity contribution in [1.29, 1.82) is 0 Å². The predicted molar refractivity (Wildman–Crippen MR) is 80.1 cm³/mol. The van der Waals surface area contributed by atoms with Crippen LogP contribution in [-0.2, 0) is 16.6 Å². The van der Waals surface area contributed by atoms with Gasteiger partial charge in [-0.05, 0) is 37.0 Å². The summed E-state index contributed by atoms with van der Waals surface area (Å²) in [5.41, 5.74) is 0.942. The molecule has 0 radical (unpaired) electrons. The van der Waals surface area contributed by atoms with Gasteiger partial charge in [-0.3, -0.25) is 0 Å². The highest BCUT2D eigenvalue weighted by molar-refractivity contribution is 7.89. The second kappa shape index (κ2) is 6.45. The molecule has 2 heterocycles. The van der Waals surface area contributed by atoms with Crippen LogP contribution in [-0.4, -0.2) is 20.4 Å². The van der Waals surface area contributed by atoms with Gasteiger partial charge in [0, 0.05) is 17.6 Å². The first-order valence-corrected chi connectivity index (χ1v) is 8.54. The molecule has 1 unspecified atom stereocenters. The van der Waals surface area contributed by atoms with Crippen molar-refractivity contribution in [3.8, 4) is 0 Å². The second-order valence-corrected chi connectivity index (χ2v) is 7.03. The maximum absolute atomic E-state index is 12.2. The number of nitrogens with one attached hydrogen (secondary N) is 2. The fourth-order valence-electron chi connectivity index (χ4n) is 1.77. The molecule has 108 valence electrons. The van der Waals surface area contributed by atoms with E-state index in [1.54, 1.807) is 12.3 Å². The highest BCUT2D eigenvalue weighted by Crippen LogP contribution is 2.20. The molecule has 2 aromatic heterocycles. The van der Waals surface area contributed by atoms with Gasteiger partial charge in [-0.25, -0.2) is 18.1 Å². The summed E-state index contributed by atoms with van der Waals surface area (Å²) in [4.78, 5) is 4.99. The third-order valence-corrected chi connectivity index (χ3v) is 5.27. The quantitative estimate of drug-likeness (QED) is 0.855. The van der Waals surface area contributed by atoms with Crippen LogP contribution in [0.1, 0.15) is 23.4 Å². The van der Waals surface area contributed by atoms with Gasteiger partial charge in [0.05, 0.1) is 6.04 Å². The van der Waals surface area contributed by atoms with Crippen molar-refractivity contribution < 1.29 is 8.42 Å². The van der Waals surface area contributed by atoms with E-state index in [9.17, 15) is 8.42 Å². The van der Waals surface area contributed by atoms with E-state index >= 15 is 0 Å². The van der Waals surface area contributed by atoms with Gasteiger partial charge in [-0.2, -0.15) is 0 Å². The lowest BCUT2D eigenvalue weighted by molar-refractivity contribution is 0.564. The third kappa shape index (κ3) is 3.63. The Morgan fingerprint density at radius 3 is 2.70 bits per heavy atom. The minimum absolute atomic E-state index is 0.0424. The van der Waals surface area contributed by atoms with E-state index in [2.05, 4.69) is 15.0 Å². The van der Waals surface area contributed by atoms with Crippen LogP contribution in [0.5, 0.6) is 0 Å². The first-order chi connectivity index (χ1) is 9.53. The Morgan fingerprint density at radius 2 is 2.15 bits per heavy atom. The van der Waals surface area contributed by atoms with Crippen LogP contribution in [0.15, 0.2) is 40.9 Å². The molecule has 2 rings (SSSR count). The Balaban J connectivity index is 2.13. The molecule has 0 aliphatic rings. The molecular weight excluding hydrogens is 294 g/mol. The number of nitrogens with zero attached hydrogens (tertiary/aromatic N) is 1. The molecule has 0 saturated heterocycles.